The van der Waals surface area contributed by atoms with Crippen LogP contribution in [0, 0.1) is 0 Å². The van der Waals surface area contributed by atoms with Crippen molar-refractivity contribution in [3.8, 4) is 5.75 Å². The van der Waals surface area contributed by atoms with Crippen LogP contribution >= 0.6 is 11.6 Å². The molecule has 0 aliphatic rings. The van der Waals surface area contributed by atoms with Gasteiger partial charge in [0.05, 0.1) is 12.8 Å². The summed E-state index contributed by atoms with van der Waals surface area (Å²) in [6, 6.07) is 18.1. The lowest BCUT2D eigenvalue weighted by Crippen LogP contribution is -2.32. The number of hydrogen-bond donors (Lipinski definition) is 0. The monoisotopic (exact) mass is 441 g/mol. The topological polar surface area (TPSA) is 39.5 Å². The quantitative estimate of drug-likeness (QED) is 0.396. The second kappa shape index (κ2) is 10.8. The average Bonchev–Trinajstić information content (AvgIpc) is 3.22. The summed E-state index contributed by atoms with van der Waals surface area (Å²) in [5, 5.41) is 5.06. The first-order valence-electron chi connectivity index (χ1n) is 10.6. The molecule has 3 aromatic rings. The van der Waals surface area contributed by atoms with Crippen molar-refractivity contribution >= 4 is 11.6 Å². The maximum absolute atomic E-state index is 6.47. The Morgan fingerprint density at radius 3 is 2.35 bits per heavy atom. The SMILES string of the molecule is COc1ccc(CCN(C)CCCOC(C)(c2ccc(Cl)cc2)c2ccnn2C)cc1. The van der Waals surface area contributed by atoms with Crippen LogP contribution in [0.15, 0.2) is 60.8 Å². The molecule has 0 aliphatic heterocycles. The number of aromatic nitrogens is 2. The van der Waals surface area contributed by atoms with Gasteiger partial charge in [0, 0.05) is 38.0 Å². The van der Waals surface area contributed by atoms with Crippen LogP contribution in [0.2, 0.25) is 5.02 Å². The van der Waals surface area contributed by atoms with Gasteiger partial charge in [-0.1, -0.05) is 35.9 Å². The number of methoxy groups -OCH3 is 1. The molecule has 31 heavy (non-hydrogen) atoms. The molecule has 0 fully saturated rings. The molecule has 5 nitrogen and oxygen atoms in total. The van der Waals surface area contributed by atoms with E-state index < -0.39 is 5.60 Å². The van der Waals surface area contributed by atoms with Crippen LogP contribution in [0.3, 0.4) is 0 Å². The first-order chi connectivity index (χ1) is 14.9. The minimum atomic E-state index is -0.586. The molecule has 1 aromatic heterocycles. The minimum Gasteiger partial charge on any atom is -0.497 e. The molecule has 1 heterocycles. The van der Waals surface area contributed by atoms with Crippen molar-refractivity contribution in [2.45, 2.75) is 25.4 Å². The van der Waals surface area contributed by atoms with Gasteiger partial charge in [0.15, 0.2) is 0 Å². The van der Waals surface area contributed by atoms with Crippen LogP contribution in [0.4, 0.5) is 0 Å². The number of hydrogen-bond acceptors (Lipinski definition) is 4. The first-order valence-corrected chi connectivity index (χ1v) is 11.0. The first kappa shape index (κ1) is 23.3. The van der Waals surface area contributed by atoms with Gasteiger partial charge in [-0.05, 0) is 68.3 Å². The fourth-order valence-corrected chi connectivity index (χ4v) is 3.88. The van der Waals surface area contributed by atoms with Crippen LogP contribution in [-0.4, -0.2) is 48.5 Å². The fraction of sp³-hybridized carbons (Fsp3) is 0.400. The molecule has 0 saturated carbocycles. The third-order valence-corrected chi connectivity index (χ3v) is 5.97. The number of nitrogens with zero attached hydrogens (tertiary/aromatic N) is 3. The lowest BCUT2D eigenvalue weighted by Gasteiger charge is -2.31. The van der Waals surface area contributed by atoms with E-state index >= 15 is 0 Å². The molecular formula is C25H32ClN3O2. The van der Waals surface area contributed by atoms with Crippen molar-refractivity contribution in [1.29, 1.82) is 0 Å². The van der Waals surface area contributed by atoms with Gasteiger partial charge in [-0.15, -0.1) is 0 Å². The van der Waals surface area contributed by atoms with Crippen LogP contribution < -0.4 is 4.74 Å². The van der Waals surface area contributed by atoms with Crippen molar-refractivity contribution in [2.24, 2.45) is 7.05 Å². The second-order valence-corrected chi connectivity index (χ2v) is 8.42. The van der Waals surface area contributed by atoms with Crippen molar-refractivity contribution < 1.29 is 9.47 Å². The number of likely N-dealkylation sites (N-methyl/N-ethyl adjacent to an activating group) is 1. The van der Waals surface area contributed by atoms with E-state index in [4.69, 9.17) is 21.1 Å². The van der Waals surface area contributed by atoms with Crippen LogP contribution in [0.5, 0.6) is 5.75 Å². The molecule has 166 valence electrons. The van der Waals surface area contributed by atoms with Gasteiger partial charge in [-0.2, -0.15) is 5.10 Å². The molecule has 0 spiro atoms. The Labute approximate surface area is 190 Å². The van der Waals surface area contributed by atoms with Crippen molar-refractivity contribution in [1.82, 2.24) is 14.7 Å². The third-order valence-electron chi connectivity index (χ3n) is 5.72. The molecule has 0 radical (unpaired) electrons. The molecule has 3 rings (SSSR count). The van der Waals surface area contributed by atoms with E-state index in [-0.39, 0.29) is 0 Å². The molecule has 2 aromatic carbocycles. The highest BCUT2D eigenvalue weighted by molar-refractivity contribution is 6.30. The van der Waals surface area contributed by atoms with E-state index in [1.54, 1.807) is 13.3 Å². The van der Waals surface area contributed by atoms with E-state index in [1.165, 1.54) is 5.56 Å². The summed E-state index contributed by atoms with van der Waals surface area (Å²) < 4.78 is 13.6. The van der Waals surface area contributed by atoms with Gasteiger partial charge in [-0.3, -0.25) is 4.68 Å². The van der Waals surface area contributed by atoms with E-state index in [9.17, 15) is 0 Å². The number of benzene rings is 2. The molecule has 0 amide bonds. The Bertz CT molecular complexity index is 940. The number of halogens is 1. The van der Waals surface area contributed by atoms with Gasteiger partial charge in [0.2, 0.25) is 0 Å². The molecule has 6 heteroatoms. The van der Waals surface area contributed by atoms with Gasteiger partial charge in [0.1, 0.15) is 11.4 Å². The van der Waals surface area contributed by atoms with Crippen LogP contribution in [0.1, 0.15) is 30.2 Å². The highest BCUT2D eigenvalue weighted by Crippen LogP contribution is 2.33. The molecule has 0 N–H and O–H groups in total. The number of ether oxygens (including phenoxy) is 2. The maximum Gasteiger partial charge on any atom is 0.132 e. The Morgan fingerprint density at radius 2 is 1.74 bits per heavy atom. The summed E-state index contributed by atoms with van der Waals surface area (Å²) in [6.45, 7) is 4.72. The smallest absolute Gasteiger partial charge is 0.132 e. The van der Waals surface area contributed by atoms with Gasteiger partial charge in [0.25, 0.3) is 0 Å². The van der Waals surface area contributed by atoms with Crippen molar-refractivity contribution in [2.75, 3.05) is 33.9 Å². The Balaban J connectivity index is 1.53. The fourth-order valence-electron chi connectivity index (χ4n) is 3.75. The summed E-state index contributed by atoms with van der Waals surface area (Å²) in [5.41, 5.74) is 2.81. The third kappa shape index (κ3) is 6.10. The molecule has 1 unspecified atom stereocenters. The second-order valence-electron chi connectivity index (χ2n) is 7.98. The Kier molecular flexibility index (Phi) is 8.13. The van der Waals surface area contributed by atoms with Crippen molar-refractivity contribution in [3.63, 3.8) is 0 Å². The predicted octanol–water partition coefficient (Wildman–Crippen LogP) is 4.93. The van der Waals surface area contributed by atoms with Crippen molar-refractivity contribution in [3.05, 3.63) is 82.6 Å². The summed E-state index contributed by atoms with van der Waals surface area (Å²) in [7, 11) is 5.79. The molecule has 1 atom stereocenters. The number of rotatable bonds is 11. The van der Waals surface area contributed by atoms with Crippen LogP contribution in [-0.2, 0) is 23.8 Å². The van der Waals surface area contributed by atoms with Gasteiger partial charge >= 0.3 is 0 Å². The highest BCUT2D eigenvalue weighted by atomic mass is 35.5. The maximum atomic E-state index is 6.47. The Hall–Kier alpha value is -2.34. The largest absolute Gasteiger partial charge is 0.497 e. The Morgan fingerprint density at radius 1 is 1.03 bits per heavy atom. The zero-order valence-electron chi connectivity index (χ0n) is 18.8. The summed E-state index contributed by atoms with van der Waals surface area (Å²) in [4.78, 5) is 2.34. The average molecular weight is 442 g/mol. The molecule has 0 saturated heterocycles. The summed E-state index contributed by atoms with van der Waals surface area (Å²) in [6.07, 6.45) is 3.76. The molecule has 0 bridgehead atoms. The van der Waals surface area contributed by atoms with E-state index in [1.807, 2.05) is 54.2 Å². The highest BCUT2D eigenvalue weighted by Gasteiger charge is 2.32. The lowest BCUT2D eigenvalue weighted by atomic mass is 9.92. The van der Waals surface area contributed by atoms with Gasteiger partial charge < -0.3 is 14.4 Å². The molecular weight excluding hydrogens is 410 g/mol. The minimum absolute atomic E-state index is 0.586. The van der Waals surface area contributed by atoms with E-state index in [0.29, 0.717) is 6.61 Å². The van der Waals surface area contributed by atoms with E-state index in [0.717, 1.165) is 48.0 Å². The normalized spacial score (nSPS) is 13.4. The standard InChI is InChI=1S/C25H32ClN3O2/c1-25(24-14-16-27-29(24)3,21-8-10-22(26)11-9-21)31-19-5-17-28(2)18-15-20-6-12-23(30-4)13-7-20/h6-14,16H,5,15,17-19H2,1-4H3. The summed E-state index contributed by atoms with van der Waals surface area (Å²) in [5.74, 6) is 0.895. The number of aryl methyl sites for hydroxylation is 1. The zero-order valence-corrected chi connectivity index (χ0v) is 19.6. The summed E-state index contributed by atoms with van der Waals surface area (Å²) >= 11 is 6.10. The van der Waals surface area contributed by atoms with E-state index in [2.05, 4.69) is 36.1 Å². The van der Waals surface area contributed by atoms with Crippen LogP contribution in [0.25, 0.3) is 0 Å². The predicted molar refractivity (Wildman–Crippen MR) is 126 cm³/mol. The van der Waals surface area contributed by atoms with Gasteiger partial charge in [-0.25, -0.2) is 0 Å². The zero-order chi connectivity index (χ0) is 22.3. The lowest BCUT2D eigenvalue weighted by molar-refractivity contribution is -0.0131. The molecule has 0 aliphatic carbocycles.